The first-order valence-electron chi connectivity index (χ1n) is 9.03. The van der Waals surface area contributed by atoms with Gasteiger partial charge in [-0.1, -0.05) is 37.3 Å². The first kappa shape index (κ1) is 22.1. The Bertz CT molecular complexity index is 804. The Kier molecular flexibility index (Phi) is 8.94. The third-order valence-electron chi connectivity index (χ3n) is 4.07. The molecule has 3 N–H and O–H groups in total. The fourth-order valence-corrected chi connectivity index (χ4v) is 2.49. The summed E-state index contributed by atoms with van der Waals surface area (Å²) >= 11 is 0. The first-order valence-corrected chi connectivity index (χ1v) is 9.03. The summed E-state index contributed by atoms with van der Waals surface area (Å²) in [6.45, 7) is 9.96. The first-order chi connectivity index (χ1) is 12.7. The Morgan fingerprint density at radius 1 is 0.630 bits per heavy atom. The minimum Gasteiger partial charge on any atom is -0.508 e. The van der Waals surface area contributed by atoms with Gasteiger partial charge in [-0.15, -0.1) is 0 Å². The second kappa shape index (κ2) is 10.9. The van der Waals surface area contributed by atoms with Gasteiger partial charge >= 0.3 is 0 Å². The van der Waals surface area contributed by atoms with Crippen LogP contribution in [0.15, 0.2) is 60.7 Å². The van der Waals surface area contributed by atoms with Crippen LogP contribution in [0.4, 0.5) is 0 Å². The van der Waals surface area contributed by atoms with Crippen molar-refractivity contribution in [1.82, 2.24) is 0 Å². The Labute approximate surface area is 162 Å². The molecule has 0 radical (unpaired) electrons. The van der Waals surface area contributed by atoms with E-state index in [0.29, 0.717) is 17.2 Å². The van der Waals surface area contributed by atoms with Crippen molar-refractivity contribution >= 4 is 0 Å². The molecule has 3 heteroatoms. The lowest BCUT2D eigenvalue weighted by molar-refractivity contribution is 0.469. The third kappa shape index (κ3) is 8.32. The molecular weight excluding hydrogens is 336 g/mol. The number of aromatic hydroxyl groups is 3. The molecule has 0 heterocycles. The maximum absolute atomic E-state index is 9.11. The van der Waals surface area contributed by atoms with E-state index in [9.17, 15) is 0 Å². The highest BCUT2D eigenvalue weighted by molar-refractivity contribution is 5.33. The molecule has 0 amide bonds. The average molecular weight is 367 g/mol. The molecule has 3 nitrogen and oxygen atoms in total. The molecule has 0 aliphatic heterocycles. The van der Waals surface area contributed by atoms with E-state index in [0.717, 1.165) is 28.7 Å². The quantitative estimate of drug-likeness (QED) is 0.497. The smallest absolute Gasteiger partial charge is 0.118 e. The molecule has 3 rings (SSSR count). The van der Waals surface area contributed by atoms with Crippen molar-refractivity contribution < 1.29 is 15.3 Å². The minimum atomic E-state index is 0.345. The van der Waals surface area contributed by atoms with Crippen molar-refractivity contribution in [1.29, 1.82) is 0 Å². The van der Waals surface area contributed by atoms with Crippen LogP contribution in [-0.4, -0.2) is 15.3 Å². The topological polar surface area (TPSA) is 60.7 Å². The van der Waals surface area contributed by atoms with Gasteiger partial charge in [-0.2, -0.15) is 0 Å². The number of hydrogen-bond donors (Lipinski definition) is 3. The van der Waals surface area contributed by atoms with Gasteiger partial charge in [0.2, 0.25) is 0 Å². The van der Waals surface area contributed by atoms with Gasteiger partial charge in [0.25, 0.3) is 0 Å². The van der Waals surface area contributed by atoms with Crippen LogP contribution >= 0.6 is 0 Å². The second-order valence-corrected chi connectivity index (χ2v) is 6.60. The Morgan fingerprint density at radius 3 is 1.63 bits per heavy atom. The Balaban J connectivity index is 0.000000202. The van der Waals surface area contributed by atoms with E-state index in [-0.39, 0.29) is 0 Å². The number of rotatable bonds is 1. The van der Waals surface area contributed by atoms with Gasteiger partial charge in [0.1, 0.15) is 17.2 Å². The summed E-state index contributed by atoms with van der Waals surface area (Å²) < 4.78 is 0. The fraction of sp³-hybridized carbons (Fsp3) is 0.250. The maximum atomic E-state index is 9.11. The third-order valence-corrected chi connectivity index (χ3v) is 4.07. The van der Waals surface area contributed by atoms with E-state index >= 15 is 0 Å². The van der Waals surface area contributed by atoms with Gasteiger partial charge < -0.3 is 15.3 Å². The Hall–Kier alpha value is -2.94. The highest BCUT2D eigenvalue weighted by Crippen LogP contribution is 2.15. The lowest BCUT2D eigenvalue weighted by atomic mass is 10.1. The van der Waals surface area contributed by atoms with E-state index < -0.39 is 0 Å². The van der Waals surface area contributed by atoms with E-state index in [1.165, 1.54) is 5.56 Å². The van der Waals surface area contributed by atoms with Crippen LogP contribution in [0.25, 0.3) is 0 Å². The summed E-state index contributed by atoms with van der Waals surface area (Å²) in [6, 6.07) is 18.3. The van der Waals surface area contributed by atoms with E-state index in [4.69, 9.17) is 15.3 Å². The lowest BCUT2D eigenvalue weighted by Gasteiger charge is -1.97. The minimum absolute atomic E-state index is 0.345. The molecule has 0 unspecified atom stereocenters. The van der Waals surface area contributed by atoms with Crippen molar-refractivity contribution in [2.75, 3.05) is 0 Å². The number of phenols is 3. The summed E-state index contributed by atoms with van der Waals surface area (Å²) in [7, 11) is 0. The fourth-order valence-electron chi connectivity index (χ4n) is 2.49. The molecular formula is C24H30O3. The zero-order valence-electron chi connectivity index (χ0n) is 16.8. The molecule has 144 valence electrons. The molecule has 3 aromatic carbocycles. The van der Waals surface area contributed by atoms with Crippen LogP contribution in [0, 0.1) is 27.7 Å². The SMILES string of the molecule is CCc1ccccc1O.Cc1cc(C)cc(O)c1.Cc1ccc(O)cc1C. The molecule has 0 bridgehead atoms. The van der Waals surface area contributed by atoms with E-state index in [1.54, 1.807) is 30.3 Å². The Morgan fingerprint density at radius 2 is 1.22 bits per heavy atom. The molecule has 0 aromatic heterocycles. The van der Waals surface area contributed by atoms with Gasteiger partial charge in [0.05, 0.1) is 0 Å². The molecule has 0 spiro atoms. The molecule has 0 saturated heterocycles. The highest BCUT2D eigenvalue weighted by atomic mass is 16.3. The average Bonchev–Trinajstić information content (AvgIpc) is 2.59. The van der Waals surface area contributed by atoms with Crippen molar-refractivity contribution in [2.24, 2.45) is 0 Å². The van der Waals surface area contributed by atoms with Gasteiger partial charge in [0.15, 0.2) is 0 Å². The van der Waals surface area contributed by atoms with E-state index in [1.807, 2.05) is 65.0 Å². The van der Waals surface area contributed by atoms with Crippen molar-refractivity contribution in [3.63, 3.8) is 0 Å². The highest BCUT2D eigenvalue weighted by Gasteiger charge is 1.93. The second-order valence-electron chi connectivity index (χ2n) is 6.60. The summed E-state index contributed by atoms with van der Waals surface area (Å²) in [4.78, 5) is 0. The van der Waals surface area contributed by atoms with Crippen LogP contribution in [0.1, 0.15) is 34.7 Å². The van der Waals surface area contributed by atoms with Gasteiger partial charge in [-0.05, 0) is 92.3 Å². The van der Waals surface area contributed by atoms with Gasteiger partial charge in [0, 0.05) is 0 Å². The van der Waals surface area contributed by atoms with Crippen LogP contribution in [0.2, 0.25) is 0 Å². The predicted molar refractivity (Wildman–Crippen MR) is 113 cm³/mol. The zero-order chi connectivity index (χ0) is 20.4. The number of hydrogen-bond acceptors (Lipinski definition) is 3. The van der Waals surface area contributed by atoms with Crippen LogP contribution in [0.5, 0.6) is 17.2 Å². The number of para-hydroxylation sites is 1. The number of aryl methyl sites for hydroxylation is 5. The molecule has 0 atom stereocenters. The summed E-state index contributed by atoms with van der Waals surface area (Å²) in [6.07, 6.45) is 0.896. The lowest BCUT2D eigenvalue weighted by Crippen LogP contribution is -1.77. The molecule has 0 aliphatic rings. The zero-order valence-corrected chi connectivity index (χ0v) is 16.8. The monoisotopic (exact) mass is 366 g/mol. The largest absolute Gasteiger partial charge is 0.508 e. The van der Waals surface area contributed by atoms with Crippen molar-refractivity contribution in [3.8, 4) is 17.2 Å². The molecule has 27 heavy (non-hydrogen) atoms. The number of phenolic OH excluding ortho intramolecular Hbond substituents is 3. The van der Waals surface area contributed by atoms with Crippen LogP contribution < -0.4 is 0 Å². The maximum Gasteiger partial charge on any atom is 0.118 e. The summed E-state index contributed by atoms with van der Waals surface area (Å²) in [5.74, 6) is 1.10. The summed E-state index contributed by atoms with van der Waals surface area (Å²) in [5, 5.41) is 27.0. The van der Waals surface area contributed by atoms with Crippen LogP contribution in [0.3, 0.4) is 0 Å². The normalized spacial score (nSPS) is 9.52. The molecule has 0 saturated carbocycles. The van der Waals surface area contributed by atoms with Crippen molar-refractivity contribution in [3.05, 3.63) is 88.5 Å². The van der Waals surface area contributed by atoms with Gasteiger partial charge in [-0.25, -0.2) is 0 Å². The standard InChI is InChI=1S/3C8H10O/c1-6-3-7(2)5-8(9)4-6;1-6-3-4-8(9)5-7(6)2;1-2-7-5-3-4-6-8(7)9/h2*3-5,9H,1-2H3;3-6,9H,2H2,1H3. The molecule has 0 aliphatic carbocycles. The van der Waals surface area contributed by atoms with Gasteiger partial charge in [-0.3, -0.25) is 0 Å². The summed E-state index contributed by atoms with van der Waals surface area (Å²) in [5.41, 5.74) is 5.57. The molecule has 0 fully saturated rings. The van der Waals surface area contributed by atoms with Crippen LogP contribution in [-0.2, 0) is 6.42 Å². The van der Waals surface area contributed by atoms with E-state index in [2.05, 4.69) is 0 Å². The molecule has 3 aromatic rings. The predicted octanol–water partition coefficient (Wildman–Crippen LogP) is 5.97. The number of benzene rings is 3. The van der Waals surface area contributed by atoms with Crippen molar-refractivity contribution in [2.45, 2.75) is 41.0 Å².